The van der Waals surface area contributed by atoms with Crippen molar-refractivity contribution in [2.45, 2.75) is 39.7 Å². The smallest absolute Gasteiger partial charge is 0.303 e. The average molecular weight is 197 g/mol. The summed E-state index contributed by atoms with van der Waals surface area (Å²) in [6.45, 7) is 4.50. The lowest BCUT2D eigenvalue weighted by Crippen LogP contribution is -2.04. The van der Waals surface area contributed by atoms with Crippen LogP contribution in [0.1, 0.15) is 30.9 Å². The molecule has 0 fully saturated rings. The van der Waals surface area contributed by atoms with Crippen molar-refractivity contribution in [3.63, 3.8) is 0 Å². The van der Waals surface area contributed by atoms with Crippen LogP contribution in [0.15, 0.2) is 0 Å². The maximum absolute atomic E-state index is 10.2. The molecule has 0 radical (unpaired) electrons. The van der Waals surface area contributed by atoms with Crippen molar-refractivity contribution in [2.24, 2.45) is 0 Å². The minimum Gasteiger partial charge on any atom is -0.481 e. The fourth-order valence-corrected chi connectivity index (χ4v) is 1.31. The van der Waals surface area contributed by atoms with Gasteiger partial charge in [0.25, 0.3) is 0 Å². The normalized spacial score (nSPS) is 10.4. The number of aromatic nitrogens is 3. The van der Waals surface area contributed by atoms with E-state index in [1.165, 1.54) is 0 Å². The van der Waals surface area contributed by atoms with E-state index in [-0.39, 0.29) is 6.42 Å². The lowest BCUT2D eigenvalue weighted by atomic mass is 10.2. The van der Waals surface area contributed by atoms with E-state index in [1.807, 2.05) is 18.5 Å². The summed E-state index contributed by atoms with van der Waals surface area (Å²) in [7, 11) is 0. The molecule has 0 spiro atoms. The Morgan fingerprint density at radius 1 is 1.43 bits per heavy atom. The highest BCUT2D eigenvalue weighted by Crippen LogP contribution is 2.01. The number of unbranched alkanes of at least 4 members (excludes halogenated alkanes) is 1. The third-order valence-electron chi connectivity index (χ3n) is 1.97. The Labute approximate surface area is 82.8 Å². The molecule has 78 valence electrons. The Bertz CT molecular complexity index is 320. The van der Waals surface area contributed by atoms with E-state index >= 15 is 0 Å². The van der Waals surface area contributed by atoms with Crippen LogP contribution < -0.4 is 0 Å². The van der Waals surface area contributed by atoms with Crippen LogP contribution in [0.2, 0.25) is 0 Å². The molecule has 0 aromatic carbocycles. The molecule has 0 aliphatic carbocycles. The number of aryl methyl sites for hydroxylation is 3. The number of aliphatic carboxylic acids is 1. The summed E-state index contributed by atoms with van der Waals surface area (Å²) < 4.78 is 1.82. The Hall–Kier alpha value is -1.39. The highest BCUT2D eigenvalue weighted by molar-refractivity contribution is 5.66. The topological polar surface area (TPSA) is 68.0 Å². The van der Waals surface area contributed by atoms with Gasteiger partial charge < -0.3 is 5.11 Å². The van der Waals surface area contributed by atoms with Gasteiger partial charge in [0.1, 0.15) is 11.6 Å². The predicted octanol–water partition coefficient (Wildman–Crippen LogP) is 1.15. The highest BCUT2D eigenvalue weighted by Gasteiger charge is 2.02. The van der Waals surface area contributed by atoms with Crippen LogP contribution in [-0.4, -0.2) is 25.8 Å². The summed E-state index contributed by atoms with van der Waals surface area (Å²) in [5, 5.41) is 12.6. The summed E-state index contributed by atoms with van der Waals surface area (Å²) in [6.07, 6.45) is 1.75. The Morgan fingerprint density at radius 2 is 2.14 bits per heavy atom. The molecule has 0 atom stereocenters. The molecule has 0 aliphatic rings. The molecule has 1 rings (SSSR count). The quantitative estimate of drug-likeness (QED) is 0.719. The second-order valence-corrected chi connectivity index (χ2v) is 3.28. The van der Waals surface area contributed by atoms with E-state index < -0.39 is 5.97 Å². The van der Waals surface area contributed by atoms with Gasteiger partial charge in [-0.3, -0.25) is 9.48 Å². The number of rotatable bonds is 5. The van der Waals surface area contributed by atoms with E-state index in [0.717, 1.165) is 24.6 Å². The van der Waals surface area contributed by atoms with Crippen molar-refractivity contribution in [3.05, 3.63) is 11.6 Å². The van der Waals surface area contributed by atoms with Gasteiger partial charge in [0.05, 0.1) is 0 Å². The first kappa shape index (κ1) is 10.7. The van der Waals surface area contributed by atoms with Crippen LogP contribution in [-0.2, 0) is 11.3 Å². The number of carbonyl (C=O) groups is 1. The number of nitrogens with zero attached hydrogens (tertiary/aromatic N) is 3. The second-order valence-electron chi connectivity index (χ2n) is 3.28. The summed E-state index contributed by atoms with van der Waals surface area (Å²) in [5.41, 5.74) is 0. The zero-order valence-corrected chi connectivity index (χ0v) is 8.53. The third-order valence-corrected chi connectivity index (χ3v) is 1.97. The molecule has 1 heterocycles. The van der Waals surface area contributed by atoms with Crippen LogP contribution in [0.4, 0.5) is 0 Å². The lowest BCUT2D eigenvalue weighted by molar-refractivity contribution is -0.137. The minimum atomic E-state index is -0.739. The van der Waals surface area contributed by atoms with Gasteiger partial charge in [0.15, 0.2) is 0 Å². The van der Waals surface area contributed by atoms with Gasteiger partial charge in [-0.05, 0) is 26.7 Å². The molecule has 1 aromatic heterocycles. The van der Waals surface area contributed by atoms with Gasteiger partial charge in [0.2, 0.25) is 0 Å². The molecule has 5 heteroatoms. The average Bonchev–Trinajstić information content (AvgIpc) is 2.39. The molecular weight excluding hydrogens is 182 g/mol. The molecule has 0 unspecified atom stereocenters. The maximum Gasteiger partial charge on any atom is 0.303 e. The Morgan fingerprint density at radius 3 is 2.64 bits per heavy atom. The molecule has 0 aliphatic heterocycles. The van der Waals surface area contributed by atoms with Crippen LogP contribution in [0.25, 0.3) is 0 Å². The number of carboxylic acid groups (broad SMARTS) is 1. The van der Waals surface area contributed by atoms with Crippen LogP contribution in [0.3, 0.4) is 0 Å². The maximum atomic E-state index is 10.2. The highest BCUT2D eigenvalue weighted by atomic mass is 16.4. The van der Waals surface area contributed by atoms with Gasteiger partial charge in [-0.1, -0.05) is 0 Å². The van der Waals surface area contributed by atoms with Crippen molar-refractivity contribution in [1.29, 1.82) is 0 Å². The van der Waals surface area contributed by atoms with E-state index in [2.05, 4.69) is 10.1 Å². The van der Waals surface area contributed by atoms with Crippen LogP contribution in [0, 0.1) is 13.8 Å². The third kappa shape index (κ3) is 3.16. The van der Waals surface area contributed by atoms with Gasteiger partial charge in [0, 0.05) is 13.0 Å². The van der Waals surface area contributed by atoms with Gasteiger partial charge in [-0.2, -0.15) is 5.10 Å². The monoisotopic (exact) mass is 197 g/mol. The molecule has 14 heavy (non-hydrogen) atoms. The second kappa shape index (κ2) is 4.74. The fourth-order valence-electron chi connectivity index (χ4n) is 1.31. The molecule has 0 bridgehead atoms. The summed E-state index contributed by atoms with van der Waals surface area (Å²) in [4.78, 5) is 14.4. The predicted molar refractivity (Wildman–Crippen MR) is 51.0 cm³/mol. The molecule has 5 nitrogen and oxygen atoms in total. The summed E-state index contributed by atoms with van der Waals surface area (Å²) in [6, 6.07) is 0. The first-order valence-electron chi connectivity index (χ1n) is 4.69. The van der Waals surface area contributed by atoms with E-state index in [9.17, 15) is 4.79 Å². The first-order valence-corrected chi connectivity index (χ1v) is 4.69. The van der Waals surface area contributed by atoms with Crippen molar-refractivity contribution in [3.8, 4) is 0 Å². The van der Waals surface area contributed by atoms with E-state index in [4.69, 9.17) is 5.11 Å². The summed E-state index contributed by atoms with van der Waals surface area (Å²) in [5.74, 6) is 0.912. The standard InChI is InChI=1S/C9H15N3O2/c1-7-10-8(2)12(11-7)6-4-3-5-9(13)14/h3-6H2,1-2H3,(H,13,14). The lowest BCUT2D eigenvalue weighted by Gasteiger charge is -2.01. The van der Waals surface area contributed by atoms with Crippen molar-refractivity contribution >= 4 is 5.97 Å². The fraction of sp³-hybridized carbons (Fsp3) is 0.667. The van der Waals surface area contributed by atoms with Crippen LogP contribution in [0.5, 0.6) is 0 Å². The summed E-state index contributed by atoms with van der Waals surface area (Å²) >= 11 is 0. The largest absolute Gasteiger partial charge is 0.481 e. The van der Waals surface area contributed by atoms with Gasteiger partial charge in [-0.15, -0.1) is 0 Å². The van der Waals surface area contributed by atoms with Crippen LogP contribution >= 0.6 is 0 Å². The Balaban J connectivity index is 2.31. The zero-order valence-electron chi connectivity index (χ0n) is 8.53. The first-order chi connectivity index (χ1) is 6.59. The zero-order chi connectivity index (χ0) is 10.6. The molecular formula is C9H15N3O2. The molecule has 0 saturated heterocycles. The van der Waals surface area contributed by atoms with Crippen molar-refractivity contribution in [2.75, 3.05) is 0 Å². The number of hydrogen-bond donors (Lipinski definition) is 1. The van der Waals surface area contributed by atoms with Crippen molar-refractivity contribution < 1.29 is 9.90 Å². The van der Waals surface area contributed by atoms with Gasteiger partial charge in [-0.25, -0.2) is 4.98 Å². The van der Waals surface area contributed by atoms with E-state index in [1.54, 1.807) is 0 Å². The van der Waals surface area contributed by atoms with E-state index in [0.29, 0.717) is 6.42 Å². The van der Waals surface area contributed by atoms with Gasteiger partial charge >= 0.3 is 5.97 Å². The number of hydrogen-bond acceptors (Lipinski definition) is 3. The molecule has 0 saturated carbocycles. The molecule has 0 amide bonds. The SMILES string of the molecule is Cc1nc(C)n(CCCCC(=O)O)n1. The minimum absolute atomic E-state index is 0.229. The number of carboxylic acids is 1. The Kier molecular flexibility index (Phi) is 3.62. The molecule has 1 aromatic rings. The molecule has 1 N–H and O–H groups in total. The van der Waals surface area contributed by atoms with Crippen molar-refractivity contribution in [1.82, 2.24) is 14.8 Å².